The Morgan fingerprint density at radius 2 is 1.58 bits per heavy atom. The SMILES string of the molecule is Cc1ccc(CC(CNC(=O)c2ncco2)n2c(=N)n(Cc3ccc(C)cc3)c3ccccc32)cc1. The van der Waals surface area contributed by atoms with Gasteiger partial charge in [0.25, 0.3) is 5.89 Å². The lowest BCUT2D eigenvalue weighted by Gasteiger charge is -2.20. The number of carbonyl (C=O) groups excluding carboxylic acids is 1. The highest BCUT2D eigenvalue weighted by molar-refractivity contribution is 5.89. The van der Waals surface area contributed by atoms with Gasteiger partial charge in [-0.15, -0.1) is 0 Å². The highest BCUT2D eigenvalue weighted by Gasteiger charge is 2.21. The minimum atomic E-state index is -0.371. The number of aryl methyl sites for hydroxylation is 2. The molecule has 0 saturated carbocycles. The molecule has 1 amide bonds. The van der Waals surface area contributed by atoms with Crippen LogP contribution < -0.4 is 10.9 Å². The Balaban J connectivity index is 1.54. The van der Waals surface area contributed by atoms with E-state index >= 15 is 0 Å². The Hall–Kier alpha value is -4.39. The number of aromatic nitrogens is 3. The van der Waals surface area contributed by atoms with Gasteiger partial charge in [0.2, 0.25) is 5.62 Å². The molecule has 3 aromatic carbocycles. The average molecular weight is 480 g/mol. The molecule has 2 aromatic heterocycles. The molecule has 0 spiro atoms. The number of hydrogen-bond acceptors (Lipinski definition) is 4. The fourth-order valence-corrected chi connectivity index (χ4v) is 4.53. The lowest BCUT2D eigenvalue weighted by molar-refractivity contribution is 0.0912. The highest BCUT2D eigenvalue weighted by atomic mass is 16.3. The number of fused-ring (bicyclic) bond motifs is 1. The highest BCUT2D eigenvalue weighted by Crippen LogP contribution is 2.22. The fourth-order valence-electron chi connectivity index (χ4n) is 4.53. The van der Waals surface area contributed by atoms with Crippen LogP contribution in [0.3, 0.4) is 0 Å². The van der Waals surface area contributed by atoms with Gasteiger partial charge in [-0.05, 0) is 43.5 Å². The van der Waals surface area contributed by atoms with Crippen molar-refractivity contribution >= 4 is 16.9 Å². The molecular formula is C29H29N5O2. The summed E-state index contributed by atoms with van der Waals surface area (Å²) in [5.74, 6) is -0.341. The van der Waals surface area contributed by atoms with Gasteiger partial charge in [-0.25, -0.2) is 4.98 Å². The summed E-state index contributed by atoms with van der Waals surface area (Å²) in [6, 6.07) is 24.7. The molecule has 2 N–H and O–H groups in total. The number of nitrogens with zero attached hydrogens (tertiary/aromatic N) is 3. The maximum Gasteiger partial charge on any atom is 0.307 e. The first-order valence-electron chi connectivity index (χ1n) is 12.0. The van der Waals surface area contributed by atoms with Gasteiger partial charge in [0.05, 0.1) is 29.8 Å². The molecule has 5 aromatic rings. The van der Waals surface area contributed by atoms with Gasteiger partial charge in [-0.3, -0.25) is 10.2 Å². The van der Waals surface area contributed by atoms with E-state index in [0.29, 0.717) is 25.1 Å². The molecule has 182 valence electrons. The minimum Gasteiger partial charge on any atom is -0.441 e. The van der Waals surface area contributed by atoms with Crippen LogP contribution >= 0.6 is 0 Å². The molecule has 5 rings (SSSR count). The van der Waals surface area contributed by atoms with Gasteiger partial charge < -0.3 is 18.9 Å². The summed E-state index contributed by atoms with van der Waals surface area (Å²) in [4.78, 5) is 16.6. The second kappa shape index (κ2) is 10.1. The number of para-hydroxylation sites is 2. The van der Waals surface area contributed by atoms with Crippen LogP contribution in [0.5, 0.6) is 0 Å². The normalized spacial score (nSPS) is 12.1. The lowest BCUT2D eigenvalue weighted by atomic mass is 10.0. The van der Waals surface area contributed by atoms with Crippen LogP contribution in [0.15, 0.2) is 89.7 Å². The second-order valence-electron chi connectivity index (χ2n) is 9.14. The van der Waals surface area contributed by atoms with Gasteiger partial charge >= 0.3 is 5.91 Å². The van der Waals surface area contributed by atoms with E-state index in [9.17, 15) is 10.2 Å². The first-order chi connectivity index (χ1) is 17.5. The van der Waals surface area contributed by atoms with Crippen molar-refractivity contribution in [3.05, 3.63) is 119 Å². The fraction of sp³-hybridized carbons (Fsp3) is 0.207. The average Bonchev–Trinajstić information content (AvgIpc) is 3.52. The van der Waals surface area contributed by atoms with Gasteiger partial charge in [0.1, 0.15) is 6.26 Å². The lowest BCUT2D eigenvalue weighted by Crippen LogP contribution is -2.37. The summed E-state index contributed by atoms with van der Waals surface area (Å²) < 4.78 is 9.22. The van der Waals surface area contributed by atoms with Crippen LogP contribution in [0.1, 0.15) is 39.0 Å². The number of rotatable bonds is 8. The van der Waals surface area contributed by atoms with Crippen molar-refractivity contribution in [3.63, 3.8) is 0 Å². The molecule has 0 fully saturated rings. The maximum absolute atomic E-state index is 12.6. The molecule has 7 heteroatoms. The Morgan fingerprint density at radius 3 is 2.22 bits per heavy atom. The summed E-state index contributed by atoms with van der Waals surface area (Å²) in [6.07, 6.45) is 3.49. The van der Waals surface area contributed by atoms with Crippen LogP contribution in [0.4, 0.5) is 0 Å². The van der Waals surface area contributed by atoms with E-state index in [1.807, 2.05) is 33.4 Å². The van der Waals surface area contributed by atoms with Gasteiger partial charge in [0.15, 0.2) is 0 Å². The first kappa shape index (κ1) is 23.4. The predicted octanol–water partition coefficient (Wildman–Crippen LogP) is 4.79. The molecule has 0 bridgehead atoms. The van der Waals surface area contributed by atoms with E-state index in [2.05, 4.69) is 72.7 Å². The van der Waals surface area contributed by atoms with Crippen molar-refractivity contribution in [1.29, 1.82) is 5.41 Å². The first-order valence-corrected chi connectivity index (χ1v) is 12.0. The summed E-state index contributed by atoms with van der Waals surface area (Å²) in [6.45, 7) is 5.05. The quantitative estimate of drug-likeness (QED) is 0.335. The second-order valence-corrected chi connectivity index (χ2v) is 9.14. The third-order valence-corrected chi connectivity index (χ3v) is 6.46. The van der Waals surface area contributed by atoms with Crippen LogP contribution in [-0.2, 0) is 13.0 Å². The van der Waals surface area contributed by atoms with Crippen molar-refractivity contribution < 1.29 is 9.21 Å². The molecule has 0 aliphatic rings. The Bertz CT molecular complexity index is 1530. The monoisotopic (exact) mass is 479 g/mol. The Kier molecular flexibility index (Phi) is 6.54. The van der Waals surface area contributed by atoms with Crippen molar-refractivity contribution in [2.75, 3.05) is 6.54 Å². The number of imidazole rings is 1. The van der Waals surface area contributed by atoms with E-state index < -0.39 is 0 Å². The van der Waals surface area contributed by atoms with Crippen LogP contribution in [0.2, 0.25) is 0 Å². The van der Waals surface area contributed by atoms with Gasteiger partial charge in [0, 0.05) is 6.54 Å². The van der Waals surface area contributed by atoms with Crippen LogP contribution in [-0.4, -0.2) is 26.6 Å². The minimum absolute atomic E-state index is 0.0296. The molecule has 0 aliphatic carbocycles. The number of carbonyl (C=O) groups is 1. The van der Waals surface area contributed by atoms with Crippen LogP contribution in [0, 0.1) is 19.3 Å². The molecule has 1 unspecified atom stereocenters. The van der Waals surface area contributed by atoms with E-state index in [1.54, 1.807) is 0 Å². The summed E-state index contributed by atoms with van der Waals surface area (Å²) in [5, 5.41) is 12.2. The van der Waals surface area contributed by atoms with E-state index in [-0.39, 0.29) is 17.8 Å². The molecule has 2 heterocycles. The number of oxazole rings is 1. The zero-order chi connectivity index (χ0) is 25.1. The van der Waals surface area contributed by atoms with E-state index in [1.165, 1.54) is 23.6 Å². The number of hydrogen-bond donors (Lipinski definition) is 2. The zero-order valence-electron chi connectivity index (χ0n) is 20.4. The van der Waals surface area contributed by atoms with Gasteiger partial charge in [-0.2, -0.15) is 0 Å². The summed E-state index contributed by atoms with van der Waals surface area (Å²) >= 11 is 0. The molecule has 7 nitrogen and oxygen atoms in total. The van der Waals surface area contributed by atoms with Crippen molar-refractivity contribution in [1.82, 2.24) is 19.4 Å². The molecule has 0 aliphatic heterocycles. The third-order valence-electron chi connectivity index (χ3n) is 6.46. The largest absolute Gasteiger partial charge is 0.441 e. The maximum atomic E-state index is 12.6. The molecule has 0 saturated heterocycles. The Morgan fingerprint density at radius 1 is 0.944 bits per heavy atom. The molecule has 36 heavy (non-hydrogen) atoms. The third kappa shape index (κ3) is 4.86. The van der Waals surface area contributed by atoms with E-state index in [0.717, 1.165) is 22.2 Å². The Labute approximate surface area is 209 Å². The summed E-state index contributed by atoms with van der Waals surface area (Å²) in [5.41, 5.74) is 6.99. The summed E-state index contributed by atoms with van der Waals surface area (Å²) in [7, 11) is 0. The topological polar surface area (TPSA) is 88.8 Å². The van der Waals surface area contributed by atoms with Crippen LogP contribution in [0.25, 0.3) is 11.0 Å². The molecular weight excluding hydrogens is 450 g/mol. The molecule has 1 atom stereocenters. The van der Waals surface area contributed by atoms with Gasteiger partial charge in [-0.1, -0.05) is 71.8 Å². The standard InChI is InChI=1S/C29H29N5O2/c1-20-7-11-22(12-8-20)17-24(18-32-27(35)28-31-15-16-36-28)34-26-6-4-3-5-25(26)33(29(34)30)19-23-13-9-21(2)10-14-23/h3-16,24,30H,17-19H2,1-2H3,(H,32,35). The molecule has 0 radical (unpaired) electrons. The van der Waals surface area contributed by atoms with Crippen molar-refractivity contribution in [2.45, 2.75) is 32.9 Å². The van der Waals surface area contributed by atoms with Crippen molar-refractivity contribution in [2.24, 2.45) is 0 Å². The van der Waals surface area contributed by atoms with Crippen molar-refractivity contribution in [3.8, 4) is 0 Å². The van der Waals surface area contributed by atoms with E-state index in [4.69, 9.17) is 4.42 Å². The number of nitrogens with one attached hydrogen (secondary N) is 2. The smallest absolute Gasteiger partial charge is 0.307 e. The number of amides is 1. The predicted molar refractivity (Wildman–Crippen MR) is 139 cm³/mol. The zero-order valence-corrected chi connectivity index (χ0v) is 20.4. The number of benzene rings is 3.